The molecule has 1 aromatic heterocycles. The van der Waals surface area contributed by atoms with E-state index in [4.69, 9.17) is 9.47 Å². The number of fused-ring (bicyclic) bond motifs is 3. The van der Waals surface area contributed by atoms with Crippen molar-refractivity contribution >= 4 is 23.3 Å². The van der Waals surface area contributed by atoms with E-state index in [1.54, 1.807) is 11.3 Å². The summed E-state index contributed by atoms with van der Waals surface area (Å²) in [7, 11) is 0. The van der Waals surface area contributed by atoms with Crippen LogP contribution in [0.1, 0.15) is 23.3 Å². The normalized spacial score (nSPS) is 26.8. The van der Waals surface area contributed by atoms with Crippen LogP contribution >= 0.6 is 11.3 Å². The Kier molecular flexibility index (Phi) is 3.46. The van der Waals surface area contributed by atoms with Gasteiger partial charge in [-0.3, -0.25) is 9.69 Å². The lowest BCUT2D eigenvalue weighted by Crippen LogP contribution is -2.47. The first-order valence-electron chi connectivity index (χ1n) is 8.77. The third-order valence-electron chi connectivity index (χ3n) is 5.29. The number of urea groups is 1. The van der Waals surface area contributed by atoms with E-state index in [0.717, 1.165) is 18.4 Å². The van der Waals surface area contributed by atoms with Gasteiger partial charge in [-0.15, -0.1) is 11.3 Å². The van der Waals surface area contributed by atoms with Crippen molar-refractivity contribution in [2.45, 2.75) is 30.9 Å². The molecule has 0 unspecified atom stereocenters. The second-order valence-corrected chi connectivity index (χ2v) is 7.86. The largest absolute Gasteiger partial charge is 0.486 e. The van der Waals surface area contributed by atoms with Gasteiger partial charge in [-0.1, -0.05) is 12.1 Å². The zero-order valence-electron chi connectivity index (χ0n) is 14.1. The third-order valence-corrected chi connectivity index (χ3v) is 6.27. The number of aryl methyl sites for hydroxylation is 1. The van der Waals surface area contributed by atoms with Gasteiger partial charge in [0.05, 0.1) is 6.54 Å². The molecule has 5 rings (SSSR count). The molecular formula is C19H18N2O4S. The summed E-state index contributed by atoms with van der Waals surface area (Å²) in [6, 6.07) is 9.04. The number of ether oxygens (including phenoxy) is 2. The van der Waals surface area contributed by atoms with Crippen molar-refractivity contribution in [3.63, 3.8) is 0 Å². The van der Waals surface area contributed by atoms with Crippen LogP contribution in [0.4, 0.5) is 4.79 Å². The summed E-state index contributed by atoms with van der Waals surface area (Å²) in [5, 5.41) is 4.96. The molecule has 1 aliphatic carbocycles. The number of thiophene rings is 1. The summed E-state index contributed by atoms with van der Waals surface area (Å²) in [6.45, 7) is 0.491. The Bertz CT molecular complexity index is 895. The Hall–Kier alpha value is -2.54. The van der Waals surface area contributed by atoms with E-state index in [0.29, 0.717) is 24.5 Å². The van der Waals surface area contributed by atoms with Gasteiger partial charge in [0.2, 0.25) is 0 Å². The second kappa shape index (κ2) is 5.74. The Morgan fingerprint density at radius 3 is 2.96 bits per heavy atom. The molecule has 3 aliphatic rings. The van der Waals surface area contributed by atoms with Gasteiger partial charge in [0.15, 0.2) is 17.6 Å². The van der Waals surface area contributed by atoms with E-state index >= 15 is 0 Å². The SMILES string of the molecule is O=C1N[C@@]2(CCCc3sccc32)C(=O)N1C[C@H]1COc2ccccc2O1. The molecule has 134 valence electrons. The first kappa shape index (κ1) is 15.7. The van der Waals surface area contributed by atoms with Gasteiger partial charge in [0, 0.05) is 10.4 Å². The maximum Gasteiger partial charge on any atom is 0.325 e. The Labute approximate surface area is 154 Å². The zero-order chi connectivity index (χ0) is 17.7. The van der Waals surface area contributed by atoms with E-state index in [-0.39, 0.29) is 24.6 Å². The van der Waals surface area contributed by atoms with Crippen LogP contribution in [0.2, 0.25) is 0 Å². The number of hydrogen-bond donors (Lipinski definition) is 1. The fraction of sp³-hybridized carbons (Fsp3) is 0.368. The minimum absolute atomic E-state index is 0.177. The summed E-state index contributed by atoms with van der Waals surface area (Å²) in [5.41, 5.74) is 0.0544. The van der Waals surface area contributed by atoms with Crippen molar-refractivity contribution in [3.8, 4) is 11.5 Å². The molecule has 2 aromatic rings. The zero-order valence-corrected chi connectivity index (χ0v) is 14.9. The minimum Gasteiger partial charge on any atom is -0.486 e. The highest BCUT2D eigenvalue weighted by molar-refractivity contribution is 7.10. The van der Waals surface area contributed by atoms with Crippen LogP contribution in [0.3, 0.4) is 0 Å². The van der Waals surface area contributed by atoms with Crippen LogP contribution in [0.15, 0.2) is 35.7 Å². The molecule has 3 heterocycles. The number of nitrogens with one attached hydrogen (secondary N) is 1. The number of carbonyl (C=O) groups is 2. The smallest absolute Gasteiger partial charge is 0.325 e. The third kappa shape index (κ3) is 2.23. The number of benzene rings is 1. The summed E-state index contributed by atoms with van der Waals surface area (Å²) < 4.78 is 11.6. The highest BCUT2D eigenvalue weighted by Crippen LogP contribution is 2.42. The molecule has 2 atom stereocenters. The number of hydrogen-bond acceptors (Lipinski definition) is 5. The molecule has 0 saturated carbocycles. The monoisotopic (exact) mass is 370 g/mol. The molecule has 0 bridgehead atoms. The van der Waals surface area contributed by atoms with Gasteiger partial charge in [-0.25, -0.2) is 4.79 Å². The Morgan fingerprint density at radius 2 is 2.08 bits per heavy atom. The molecule has 7 heteroatoms. The Balaban J connectivity index is 1.39. The lowest BCUT2D eigenvalue weighted by atomic mass is 9.80. The summed E-state index contributed by atoms with van der Waals surface area (Å²) >= 11 is 1.65. The van der Waals surface area contributed by atoms with Crippen molar-refractivity contribution in [1.82, 2.24) is 10.2 Å². The molecular weight excluding hydrogens is 352 g/mol. The van der Waals surface area contributed by atoms with E-state index in [9.17, 15) is 9.59 Å². The lowest BCUT2D eigenvalue weighted by molar-refractivity contribution is -0.133. The van der Waals surface area contributed by atoms with Gasteiger partial charge >= 0.3 is 6.03 Å². The standard InChI is InChI=1S/C19H18N2O4S/c22-17-19(8-3-6-16-13(19)7-9-26-16)20-18(23)21(17)10-12-11-24-14-4-1-2-5-15(14)25-12/h1-2,4-5,7,9,12H,3,6,8,10-11H2,(H,20,23)/t12-,19+/m0/s1. The van der Waals surface area contributed by atoms with Crippen LogP contribution in [-0.2, 0) is 16.8 Å². The molecule has 1 saturated heterocycles. The predicted octanol–water partition coefficient (Wildman–Crippen LogP) is 2.67. The fourth-order valence-corrected chi connectivity index (χ4v) is 5.06. The number of rotatable bonds is 2. The van der Waals surface area contributed by atoms with Crippen molar-refractivity contribution in [2.75, 3.05) is 13.2 Å². The molecule has 26 heavy (non-hydrogen) atoms. The van der Waals surface area contributed by atoms with Gasteiger partial charge in [0.25, 0.3) is 5.91 Å². The molecule has 1 N–H and O–H groups in total. The number of imide groups is 1. The van der Waals surface area contributed by atoms with Crippen LogP contribution < -0.4 is 14.8 Å². The quantitative estimate of drug-likeness (QED) is 0.826. The average molecular weight is 370 g/mol. The van der Waals surface area contributed by atoms with E-state index in [2.05, 4.69) is 5.32 Å². The summed E-state index contributed by atoms with van der Waals surface area (Å²) in [4.78, 5) is 28.3. The van der Waals surface area contributed by atoms with E-state index in [1.165, 1.54) is 9.78 Å². The van der Waals surface area contributed by atoms with Gasteiger partial charge in [-0.05, 0) is 42.8 Å². The van der Waals surface area contributed by atoms with Gasteiger partial charge in [0.1, 0.15) is 12.1 Å². The van der Waals surface area contributed by atoms with Gasteiger partial charge in [-0.2, -0.15) is 0 Å². The van der Waals surface area contributed by atoms with Crippen LogP contribution in [0, 0.1) is 0 Å². The maximum atomic E-state index is 13.2. The molecule has 1 spiro atoms. The summed E-state index contributed by atoms with van der Waals surface area (Å²) in [6.07, 6.45) is 2.13. The Morgan fingerprint density at radius 1 is 1.23 bits per heavy atom. The van der Waals surface area contributed by atoms with E-state index < -0.39 is 5.54 Å². The highest BCUT2D eigenvalue weighted by Gasteiger charge is 2.54. The maximum absolute atomic E-state index is 13.2. The molecule has 0 radical (unpaired) electrons. The van der Waals surface area contributed by atoms with Crippen molar-refractivity contribution < 1.29 is 19.1 Å². The number of carbonyl (C=O) groups excluding carboxylic acids is 2. The van der Waals surface area contributed by atoms with Crippen LogP contribution in [-0.4, -0.2) is 36.1 Å². The number of para-hydroxylation sites is 2. The predicted molar refractivity (Wildman–Crippen MR) is 95.5 cm³/mol. The van der Waals surface area contributed by atoms with Crippen molar-refractivity contribution in [2.24, 2.45) is 0 Å². The second-order valence-electron chi connectivity index (χ2n) is 6.86. The first-order valence-corrected chi connectivity index (χ1v) is 9.65. The van der Waals surface area contributed by atoms with Crippen molar-refractivity contribution in [1.29, 1.82) is 0 Å². The van der Waals surface area contributed by atoms with Gasteiger partial charge < -0.3 is 14.8 Å². The number of amides is 3. The number of nitrogens with zero attached hydrogens (tertiary/aromatic N) is 1. The molecule has 1 fully saturated rings. The fourth-order valence-electron chi connectivity index (χ4n) is 4.06. The molecule has 6 nitrogen and oxygen atoms in total. The molecule has 1 aromatic carbocycles. The highest BCUT2D eigenvalue weighted by atomic mass is 32.1. The van der Waals surface area contributed by atoms with Crippen molar-refractivity contribution in [3.05, 3.63) is 46.2 Å². The minimum atomic E-state index is -0.905. The molecule has 3 amide bonds. The topological polar surface area (TPSA) is 67.9 Å². The average Bonchev–Trinajstić information content (AvgIpc) is 3.22. The molecule has 2 aliphatic heterocycles. The first-order chi connectivity index (χ1) is 12.7. The lowest BCUT2D eigenvalue weighted by Gasteiger charge is -2.32. The summed E-state index contributed by atoms with van der Waals surface area (Å²) in [5.74, 6) is 1.15. The van der Waals surface area contributed by atoms with E-state index in [1.807, 2.05) is 35.7 Å². The van der Waals surface area contributed by atoms with Crippen LogP contribution in [0.5, 0.6) is 11.5 Å². The van der Waals surface area contributed by atoms with Crippen LogP contribution in [0.25, 0.3) is 0 Å².